The van der Waals surface area contributed by atoms with Gasteiger partial charge in [0.25, 0.3) is 0 Å². The van der Waals surface area contributed by atoms with Crippen molar-refractivity contribution >= 4 is 5.91 Å². The highest BCUT2D eigenvalue weighted by Crippen LogP contribution is 2.28. The van der Waals surface area contributed by atoms with E-state index in [4.69, 9.17) is 4.74 Å². The topological polar surface area (TPSA) is 41.6 Å². The van der Waals surface area contributed by atoms with Crippen molar-refractivity contribution < 1.29 is 9.53 Å². The maximum atomic E-state index is 12.0. The molecule has 2 heterocycles. The molecule has 2 aliphatic heterocycles. The Balaban J connectivity index is 1.56. The van der Waals surface area contributed by atoms with Crippen LogP contribution >= 0.6 is 0 Å². The Kier molecular flexibility index (Phi) is 3.92. The number of rotatable bonds is 4. The van der Waals surface area contributed by atoms with Gasteiger partial charge in [-0.25, -0.2) is 0 Å². The lowest BCUT2D eigenvalue weighted by molar-refractivity contribution is -0.129. The van der Waals surface area contributed by atoms with Crippen LogP contribution in [0.1, 0.15) is 36.9 Å². The fraction of sp³-hybridized carbons (Fsp3) is 0.562. The van der Waals surface area contributed by atoms with E-state index in [9.17, 15) is 4.79 Å². The Labute approximate surface area is 120 Å². The van der Waals surface area contributed by atoms with Crippen LogP contribution in [0.25, 0.3) is 0 Å². The van der Waals surface area contributed by atoms with Gasteiger partial charge in [-0.3, -0.25) is 4.79 Å². The third-order valence-corrected chi connectivity index (χ3v) is 4.23. The van der Waals surface area contributed by atoms with E-state index in [1.54, 1.807) is 0 Å². The van der Waals surface area contributed by atoms with E-state index in [1.165, 1.54) is 11.1 Å². The van der Waals surface area contributed by atoms with Gasteiger partial charge in [-0.2, -0.15) is 0 Å². The van der Waals surface area contributed by atoms with Crippen LogP contribution in [-0.2, 0) is 11.2 Å². The molecular weight excluding hydrogens is 252 g/mol. The van der Waals surface area contributed by atoms with E-state index in [2.05, 4.69) is 24.4 Å². The molecule has 0 saturated carbocycles. The zero-order valence-corrected chi connectivity index (χ0v) is 12.0. The van der Waals surface area contributed by atoms with Gasteiger partial charge in [0, 0.05) is 25.6 Å². The summed E-state index contributed by atoms with van der Waals surface area (Å²) in [5, 5.41) is 3.33. The largest absolute Gasteiger partial charge is 0.493 e. The van der Waals surface area contributed by atoms with Crippen molar-refractivity contribution in [3.8, 4) is 5.75 Å². The van der Waals surface area contributed by atoms with Crippen molar-refractivity contribution in [3.05, 3.63) is 29.3 Å². The Morgan fingerprint density at radius 2 is 2.20 bits per heavy atom. The predicted molar refractivity (Wildman–Crippen MR) is 77.9 cm³/mol. The second kappa shape index (κ2) is 5.83. The number of ether oxygens (including phenoxy) is 1. The first-order chi connectivity index (χ1) is 9.74. The first kappa shape index (κ1) is 13.4. The fourth-order valence-electron chi connectivity index (χ4n) is 2.91. The number of nitrogens with zero attached hydrogens (tertiary/aromatic N) is 1. The molecule has 4 nitrogen and oxygen atoms in total. The lowest BCUT2D eigenvalue weighted by Crippen LogP contribution is -2.37. The van der Waals surface area contributed by atoms with Crippen LogP contribution in [0.4, 0.5) is 0 Å². The van der Waals surface area contributed by atoms with Gasteiger partial charge in [-0.15, -0.1) is 0 Å². The Morgan fingerprint density at radius 1 is 1.40 bits per heavy atom. The number of amides is 1. The van der Waals surface area contributed by atoms with Gasteiger partial charge in [0.05, 0.1) is 13.2 Å². The van der Waals surface area contributed by atoms with Gasteiger partial charge in [0.2, 0.25) is 5.91 Å². The maximum absolute atomic E-state index is 12.0. The van der Waals surface area contributed by atoms with Crippen molar-refractivity contribution in [2.75, 3.05) is 26.2 Å². The molecule has 4 heteroatoms. The molecule has 1 amide bonds. The van der Waals surface area contributed by atoms with Gasteiger partial charge in [0.1, 0.15) is 5.75 Å². The summed E-state index contributed by atoms with van der Waals surface area (Å²) < 4.78 is 5.52. The number of fused-ring (bicyclic) bond motifs is 1. The Bertz CT molecular complexity index is 495. The summed E-state index contributed by atoms with van der Waals surface area (Å²) in [6.45, 7) is 5.16. The molecule has 1 aromatic carbocycles. The second-order valence-electron chi connectivity index (χ2n) is 5.66. The number of hydrogen-bond donors (Lipinski definition) is 1. The number of carbonyl (C=O) groups excluding carboxylic acids is 1. The highest BCUT2D eigenvalue weighted by atomic mass is 16.5. The molecule has 1 aromatic rings. The third kappa shape index (κ3) is 2.80. The van der Waals surface area contributed by atoms with Crippen LogP contribution in [0, 0.1) is 0 Å². The normalized spacial score (nSPS) is 18.8. The smallest absolute Gasteiger partial charge is 0.236 e. The molecule has 0 radical (unpaired) electrons. The van der Waals surface area contributed by atoms with Crippen LogP contribution in [0.5, 0.6) is 5.75 Å². The Hall–Kier alpha value is -1.55. The van der Waals surface area contributed by atoms with Crippen LogP contribution in [0.15, 0.2) is 18.2 Å². The van der Waals surface area contributed by atoms with E-state index >= 15 is 0 Å². The number of hydrogen-bond acceptors (Lipinski definition) is 3. The molecule has 20 heavy (non-hydrogen) atoms. The van der Waals surface area contributed by atoms with Gasteiger partial charge < -0.3 is 15.0 Å². The van der Waals surface area contributed by atoms with Gasteiger partial charge in [0.15, 0.2) is 0 Å². The summed E-state index contributed by atoms with van der Waals surface area (Å²) in [5.74, 6) is 1.23. The average Bonchev–Trinajstić information content (AvgIpc) is 3.13. The van der Waals surface area contributed by atoms with Crippen molar-refractivity contribution in [2.45, 2.75) is 32.2 Å². The average molecular weight is 274 g/mol. The van der Waals surface area contributed by atoms with E-state index in [-0.39, 0.29) is 11.9 Å². The number of likely N-dealkylation sites (tertiary alicyclic amines) is 1. The molecular formula is C16H22N2O2. The number of carbonyl (C=O) groups is 1. The van der Waals surface area contributed by atoms with E-state index in [0.29, 0.717) is 6.54 Å². The summed E-state index contributed by atoms with van der Waals surface area (Å²) in [7, 11) is 0. The van der Waals surface area contributed by atoms with Crippen LogP contribution in [0.2, 0.25) is 0 Å². The van der Waals surface area contributed by atoms with Crippen LogP contribution in [0.3, 0.4) is 0 Å². The van der Waals surface area contributed by atoms with Gasteiger partial charge in [-0.1, -0.05) is 12.1 Å². The monoisotopic (exact) mass is 274 g/mol. The van der Waals surface area contributed by atoms with E-state index < -0.39 is 0 Å². The zero-order chi connectivity index (χ0) is 13.9. The lowest BCUT2D eigenvalue weighted by Gasteiger charge is -2.19. The number of benzene rings is 1. The molecule has 0 aliphatic carbocycles. The highest BCUT2D eigenvalue weighted by Gasteiger charge is 2.19. The summed E-state index contributed by atoms with van der Waals surface area (Å²) in [5.41, 5.74) is 2.51. The molecule has 1 saturated heterocycles. The standard InChI is InChI=1S/C16H22N2O2/c1-12(17-11-16(19)18-7-2-3-8-18)13-4-5-15-14(10-13)6-9-20-15/h4-5,10,12,17H,2-3,6-9,11H2,1H3. The van der Waals surface area contributed by atoms with Crippen molar-refractivity contribution in [2.24, 2.45) is 0 Å². The zero-order valence-electron chi connectivity index (χ0n) is 12.0. The SMILES string of the molecule is CC(NCC(=O)N1CCCC1)c1ccc2c(c1)CCO2. The van der Waals surface area contributed by atoms with E-state index in [1.807, 2.05) is 11.0 Å². The molecule has 2 aliphatic rings. The minimum atomic E-state index is 0.187. The summed E-state index contributed by atoms with van der Waals surface area (Å²) in [6.07, 6.45) is 3.28. The maximum Gasteiger partial charge on any atom is 0.236 e. The summed E-state index contributed by atoms with van der Waals surface area (Å²) in [4.78, 5) is 14.0. The lowest BCUT2D eigenvalue weighted by atomic mass is 10.0. The van der Waals surface area contributed by atoms with Gasteiger partial charge in [-0.05, 0) is 37.0 Å². The molecule has 1 fully saturated rings. The van der Waals surface area contributed by atoms with Crippen LogP contribution < -0.4 is 10.1 Å². The molecule has 0 bridgehead atoms. The molecule has 1 unspecified atom stereocenters. The number of nitrogens with one attached hydrogen (secondary N) is 1. The highest BCUT2D eigenvalue weighted by molar-refractivity contribution is 5.78. The first-order valence-electron chi connectivity index (χ1n) is 7.51. The minimum absolute atomic E-state index is 0.187. The molecule has 0 aromatic heterocycles. The molecule has 1 atom stereocenters. The third-order valence-electron chi connectivity index (χ3n) is 4.23. The summed E-state index contributed by atoms with van der Waals surface area (Å²) in [6, 6.07) is 6.51. The second-order valence-corrected chi connectivity index (χ2v) is 5.66. The minimum Gasteiger partial charge on any atom is -0.493 e. The first-order valence-corrected chi connectivity index (χ1v) is 7.51. The quantitative estimate of drug-likeness (QED) is 0.911. The molecule has 108 valence electrons. The molecule has 1 N–H and O–H groups in total. The van der Waals surface area contributed by atoms with Gasteiger partial charge >= 0.3 is 0 Å². The van der Waals surface area contributed by atoms with Crippen LogP contribution in [-0.4, -0.2) is 37.0 Å². The van der Waals surface area contributed by atoms with Crippen molar-refractivity contribution in [3.63, 3.8) is 0 Å². The molecule has 0 spiro atoms. The predicted octanol–water partition coefficient (Wildman–Crippen LogP) is 1.89. The van der Waals surface area contributed by atoms with Crippen molar-refractivity contribution in [1.29, 1.82) is 0 Å². The van der Waals surface area contributed by atoms with E-state index in [0.717, 1.165) is 44.7 Å². The Morgan fingerprint density at radius 3 is 3.00 bits per heavy atom. The fourth-order valence-corrected chi connectivity index (χ4v) is 2.91. The summed E-state index contributed by atoms with van der Waals surface area (Å²) >= 11 is 0. The molecule has 3 rings (SSSR count). The van der Waals surface area contributed by atoms with Crippen molar-refractivity contribution in [1.82, 2.24) is 10.2 Å².